The molecule has 2 aromatic rings. The van der Waals surface area contributed by atoms with E-state index in [0.717, 1.165) is 35.6 Å². The fraction of sp³-hybridized carbons (Fsp3) is 0.529. The van der Waals surface area contributed by atoms with Gasteiger partial charge in [0.1, 0.15) is 0 Å². The van der Waals surface area contributed by atoms with E-state index in [4.69, 9.17) is 9.50 Å². The molecular formula is C17H26N4S. The van der Waals surface area contributed by atoms with Crippen molar-refractivity contribution in [3.63, 3.8) is 0 Å². The molecule has 4 nitrogen and oxygen atoms in total. The highest BCUT2D eigenvalue weighted by molar-refractivity contribution is 7.82. The number of hydrogen-bond donors (Lipinski definition) is 2. The monoisotopic (exact) mass is 318 g/mol. The van der Waals surface area contributed by atoms with Gasteiger partial charge in [0.2, 0.25) is 0 Å². The summed E-state index contributed by atoms with van der Waals surface area (Å²) in [6.45, 7) is 4.44. The Morgan fingerprint density at radius 1 is 1.32 bits per heavy atom. The summed E-state index contributed by atoms with van der Waals surface area (Å²) < 4.78 is 7.10. The van der Waals surface area contributed by atoms with E-state index in [-0.39, 0.29) is 0 Å². The number of nitrogens with one attached hydrogen (secondary N) is 1. The molecule has 2 heterocycles. The van der Waals surface area contributed by atoms with Crippen molar-refractivity contribution in [2.24, 2.45) is 15.4 Å². The number of fused-ring (bicyclic) bond motifs is 1. The third-order valence-electron chi connectivity index (χ3n) is 4.56. The van der Waals surface area contributed by atoms with Gasteiger partial charge in [0.05, 0.1) is 5.69 Å². The SMILES string of the molecule is CCCCC1CCN(S(N)=Nc2c[nH]c3ccccc23)CC1. The lowest BCUT2D eigenvalue weighted by Gasteiger charge is -2.31. The molecule has 1 aliphatic rings. The molecule has 1 aromatic carbocycles. The summed E-state index contributed by atoms with van der Waals surface area (Å²) in [5, 5.41) is 7.51. The lowest BCUT2D eigenvalue weighted by molar-refractivity contribution is 0.272. The molecule has 22 heavy (non-hydrogen) atoms. The molecule has 120 valence electrons. The van der Waals surface area contributed by atoms with Crippen LogP contribution >= 0.6 is 0 Å². The number of nitrogens with two attached hydrogens (primary N) is 1. The van der Waals surface area contributed by atoms with Gasteiger partial charge in [-0.2, -0.15) is 4.36 Å². The fourth-order valence-corrected chi connectivity index (χ4v) is 4.22. The first-order valence-corrected chi connectivity index (χ1v) is 9.50. The third-order valence-corrected chi connectivity index (χ3v) is 5.84. The number of unbranched alkanes of at least 4 members (excludes halogenated alkanes) is 1. The smallest absolute Gasteiger partial charge is 0.0984 e. The minimum atomic E-state index is -0.524. The van der Waals surface area contributed by atoms with E-state index >= 15 is 0 Å². The van der Waals surface area contributed by atoms with Crippen molar-refractivity contribution < 1.29 is 0 Å². The highest BCUT2D eigenvalue weighted by Gasteiger charge is 2.20. The van der Waals surface area contributed by atoms with Crippen LogP contribution in [-0.4, -0.2) is 22.4 Å². The average molecular weight is 318 g/mol. The van der Waals surface area contributed by atoms with Crippen LogP contribution < -0.4 is 5.14 Å². The number of nitrogens with zero attached hydrogens (tertiary/aromatic N) is 2. The van der Waals surface area contributed by atoms with Crippen molar-refractivity contribution in [1.29, 1.82) is 0 Å². The normalized spacial score (nSPS) is 19.0. The summed E-state index contributed by atoms with van der Waals surface area (Å²) in [6.07, 6.45) is 8.54. The van der Waals surface area contributed by atoms with Crippen molar-refractivity contribution in [2.45, 2.75) is 39.0 Å². The van der Waals surface area contributed by atoms with Crippen LogP contribution in [0.3, 0.4) is 0 Å². The standard InChI is InChI=1S/C17H26N4S/c1-2-3-6-14-9-11-21(12-10-14)22(18)20-17-13-19-16-8-5-4-7-15(16)17/h4-5,7-8,13-14,19H,2-3,6,9-12H2,1H3,(H2,18,20). The molecule has 1 atom stereocenters. The van der Waals surface area contributed by atoms with Crippen molar-refractivity contribution in [1.82, 2.24) is 9.29 Å². The zero-order valence-electron chi connectivity index (χ0n) is 13.3. The van der Waals surface area contributed by atoms with Crippen LogP contribution in [0.1, 0.15) is 39.0 Å². The Labute approximate surface area is 135 Å². The lowest BCUT2D eigenvalue weighted by Crippen LogP contribution is -2.38. The van der Waals surface area contributed by atoms with Gasteiger partial charge in [-0.1, -0.05) is 44.4 Å². The summed E-state index contributed by atoms with van der Waals surface area (Å²) in [7, 11) is 0. The minimum absolute atomic E-state index is 0.524. The topological polar surface area (TPSA) is 57.4 Å². The molecule has 1 fully saturated rings. The number of para-hydroxylation sites is 1. The number of piperidine rings is 1. The molecule has 3 N–H and O–H groups in total. The highest BCUT2D eigenvalue weighted by Crippen LogP contribution is 2.27. The Hall–Kier alpha value is -1.17. The molecule has 0 radical (unpaired) electrons. The van der Waals surface area contributed by atoms with Crippen LogP contribution in [0.5, 0.6) is 0 Å². The number of aromatic amines is 1. The largest absolute Gasteiger partial charge is 0.359 e. The summed E-state index contributed by atoms with van der Waals surface area (Å²) in [6, 6.07) is 8.25. The van der Waals surface area contributed by atoms with Crippen LogP contribution in [-0.2, 0) is 11.1 Å². The van der Waals surface area contributed by atoms with Gasteiger partial charge >= 0.3 is 0 Å². The molecule has 1 aromatic heterocycles. The predicted molar refractivity (Wildman–Crippen MR) is 95.8 cm³/mol. The van der Waals surface area contributed by atoms with Crippen LogP contribution in [0.4, 0.5) is 5.69 Å². The van der Waals surface area contributed by atoms with Crippen molar-refractivity contribution in [3.8, 4) is 0 Å². The Morgan fingerprint density at radius 2 is 2.09 bits per heavy atom. The summed E-state index contributed by atoms with van der Waals surface area (Å²) in [4.78, 5) is 3.26. The summed E-state index contributed by atoms with van der Waals surface area (Å²) >= 11 is -0.524. The second-order valence-corrected chi connectivity index (χ2v) is 7.40. The summed E-state index contributed by atoms with van der Waals surface area (Å²) in [5.41, 5.74) is 2.10. The van der Waals surface area contributed by atoms with Crippen LogP contribution in [0.15, 0.2) is 34.8 Å². The van der Waals surface area contributed by atoms with E-state index in [1.807, 2.05) is 18.3 Å². The van der Waals surface area contributed by atoms with Gasteiger partial charge in [0, 0.05) is 41.3 Å². The number of aromatic nitrogens is 1. The second-order valence-electron chi connectivity index (χ2n) is 6.12. The van der Waals surface area contributed by atoms with E-state index in [1.165, 1.54) is 32.1 Å². The Bertz CT molecular complexity index is 641. The lowest BCUT2D eigenvalue weighted by atomic mass is 9.93. The number of H-pyrrole nitrogens is 1. The van der Waals surface area contributed by atoms with Gasteiger partial charge in [-0.15, -0.1) is 0 Å². The minimum Gasteiger partial charge on any atom is -0.359 e. The maximum Gasteiger partial charge on any atom is 0.0984 e. The van der Waals surface area contributed by atoms with Gasteiger partial charge in [-0.25, -0.2) is 4.31 Å². The molecule has 0 spiro atoms. The maximum absolute atomic E-state index is 6.35. The van der Waals surface area contributed by atoms with Gasteiger partial charge in [-0.05, 0) is 24.8 Å². The van der Waals surface area contributed by atoms with Gasteiger partial charge in [0.25, 0.3) is 0 Å². The van der Waals surface area contributed by atoms with Crippen LogP contribution in [0.2, 0.25) is 0 Å². The number of hydrogen-bond acceptors (Lipinski definition) is 1. The highest BCUT2D eigenvalue weighted by atomic mass is 32.2. The average Bonchev–Trinajstić information content (AvgIpc) is 2.96. The fourth-order valence-electron chi connectivity index (χ4n) is 3.17. The molecule has 1 saturated heterocycles. The molecule has 0 amide bonds. The van der Waals surface area contributed by atoms with E-state index in [9.17, 15) is 0 Å². The molecular weight excluding hydrogens is 292 g/mol. The Kier molecular flexibility index (Phi) is 5.28. The van der Waals surface area contributed by atoms with E-state index in [0.29, 0.717) is 0 Å². The first-order chi connectivity index (χ1) is 10.8. The van der Waals surface area contributed by atoms with Crippen LogP contribution in [0.25, 0.3) is 10.9 Å². The molecule has 0 saturated carbocycles. The molecule has 5 heteroatoms. The number of benzene rings is 1. The van der Waals surface area contributed by atoms with Crippen molar-refractivity contribution >= 4 is 27.7 Å². The Morgan fingerprint density at radius 3 is 2.86 bits per heavy atom. The van der Waals surface area contributed by atoms with E-state index in [2.05, 4.69) is 28.3 Å². The second kappa shape index (κ2) is 7.40. The molecule has 3 rings (SSSR count). The molecule has 1 unspecified atom stereocenters. The molecule has 0 aliphatic carbocycles. The van der Waals surface area contributed by atoms with E-state index < -0.39 is 11.1 Å². The van der Waals surface area contributed by atoms with Gasteiger partial charge in [0.15, 0.2) is 0 Å². The van der Waals surface area contributed by atoms with Gasteiger partial charge < -0.3 is 4.98 Å². The maximum atomic E-state index is 6.35. The predicted octanol–water partition coefficient (Wildman–Crippen LogP) is 4.29. The van der Waals surface area contributed by atoms with E-state index in [1.54, 1.807) is 0 Å². The number of rotatable bonds is 5. The quantitative estimate of drug-likeness (QED) is 0.864. The zero-order valence-corrected chi connectivity index (χ0v) is 14.1. The molecule has 1 aliphatic heterocycles. The van der Waals surface area contributed by atoms with Crippen molar-refractivity contribution in [3.05, 3.63) is 30.5 Å². The first kappa shape index (κ1) is 15.7. The van der Waals surface area contributed by atoms with Crippen LogP contribution in [0, 0.1) is 5.92 Å². The Balaban J connectivity index is 1.65. The van der Waals surface area contributed by atoms with Crippen molar-refractivity contribution in [2.75, 3.05) is 13.1 Å². The summed E-state index contributed by atoms with van der Waals surface area (Å²) in [5.74, 6) is 0.890. The first-order valence-electron chi connectivity index (χ1n) is 8.29. The third kappa shape index (κ3) is 3.59. The zero-order chi connectivity index (χ0) is 15.4. The van der Waals surface area contributed by atoms with Gasteiger partial charge in [-0.3, -0.25) is 5.14 Å². The molecule has 0 bridgehead atoms.